The van der Waals surface area contributed by atoms with Gasteiger partial charge in [-0.1, -0.05) is 6.92 Å². The van der Waals surface area contributed by atoms with Crippen molar-refractivity contribution in [3.63, 3.8) is 0 Å². The van der Waals surface area contributed by atoms with Gasteiger partial charge in [-0.3, -0.25) is 0 Å². The van der Waals surface area contributed by atoms with Crippen molar-refractivity contribution in [2.75, 3.05) is 19.6 Å². The fourth-order valence-corrected chi connectivity index (χ4v) is 2.84. The van der Waals surface area contributed by atoms with E-state index in [2.05, 4.69) is 17.2 Å². The molecule has 1 heterocycles. The first kappa shape index (κ1) is 15.8. The van der Waals surface area contributed by atoms with E-state index in [0.29, 0.717) is 18.9 Å². The number of aromatic nitrogens is 1. The van der Waals surface area contributed by atoms with E-state index < -0.39 is 5.97 Å². The molecule has 0 bridgehead atoms. The van der Waals surface area contributed by atoms with Crippen molar-refractivity contribution in [1.29, 1.82) is 0 Å². The van der Waals surface area contributed by atoms with Gasteiger partial charge >= 0.3 is 12.0 Å². The molecule has 7 heteroatoms. The summed E-state index contributed by atoms with van der Waals surface area (Å²) in [6.07, 6.45) is 3.97. The Labute approximate surface area is 128 Å². The van der Waals surface area contributed by atoms with Crippen LogP contribution in [-0.4, -0.2) is 46.6 Å². The Morgan fingerprint density at radius 2 is 2.29 bits per heavy atom. The molecule has 1 fully saturated rings. The number of nitrogens with one attached hydrogen (secondary N) is 1. The Morgan fingerprint density at radius 1 is 1.52 bits per heavy atom. The van der Waals surface area contributed by atoms with Crippen molar-refractivity contribution in [2.24, 2.45) is 5.92 Å². The van der Waals surface area contributed by atoms with Crippen LogP contribution in [0.1, 0.15) is 41.7 Å². The zero-order valence-corrected chi connectivity index (χ0v) is 13.0. The van der Waals surface area contributed by atoms with Crippen molar-refractivity contribution in [1.82, 2.24) is 15.2 Å². The second-order valence-electron chi connectivity index (χ2n) is 5.30. The maximum Gasteiger partial charge on any atom is 0.355 e. The number of nitrogens with zero attached hydrogens (tertiary/aromatic N) is 2. The van der Waals surface area contributed by atoms with Crippen LogP contribution in [0.5, 0.6) is 0 Å². The molecule has 21 heavy (non-hydrogen) atoms. The fourth-order valence-electron chi connectivity index (χ4n) is 2.07. The highest BCUT2D eigenvalue weighted by Gasteiger charge is 2.26. The van der Waals surface area contributed by atoms with Crippen LogP contribution >= 0.6 is 11.3 Å². The average Bonchev–Trinajstić information content (AvgIpc) is 3.13. The lowest BCUT2D eigenvalue weighted by atomic mass is 10.3. The molecule has 1 aliphatic carbocycles. The molecule has 0 atom stereocenters. The molecule has 0 radical (unpaired) electrons. The summed E-state index contributed by atoms with van der Waals surface area (Å²) in [5.41, 5.74) is 0.0719. The fraction of sp³-hybridized carbons (Fsp3) is 0.643. The molecule has 1 aromatic rings. The number of amides is 2. The van der Waals surface area contributed by atoms with Gasteiger partial charge in [-0.25, -0.2) is 14.6 Å². The third kappa shape index (κ3) is 5.00. The predicted octanol–water partition coefficient (Wildman–Crippen LogP) is 2.22. The number of hydrogen-bond donors (Lipinski definition) is 2. The molecule has 2 amide bonds. The minimum absolute atomic E-state index is 0.0289. The van der Waals surface area contributed by atoms with E-state index in [1.807, 2.05) is 4.90 Å². The van der Waals surface area contributed by atoms with Crippen molar-refractivity contribution in [3.8, 4) is 0 Å². The van der Waals surface area contributed by atoms with Gasteiger partial charge in [-0.05, 0) is 25.2 Å². The SMILES string of the molecule is CCCN(CC1CC1)C(=O)NCCc1nc(C(=O)O)cs1. The van der Waals surface area contributed by atoms with Crippen LogP contribution < -0.4 is 5.32 Å². The topological polar surface area (TPSA) is 82.5 Å². The van der Waals surface area contributed by atoms with E-state index in [4.69, 9.17) is 5.11 Å². The van der Waals surface area contributed by atoms with Gasteiger partial charge in [0.1, 0.15) is 0 Å². The highest BCUT2D eigenvalue weighted by molar-refractivity contribution is 7.09. The number of hydrogen-bond acceptors (Lipinski definition) is 4. The first-order chi connectivity index (χ1) is 10.1. The Morgan fingerprint density at radius 3 is 2.86 bits per heavy atom. The van der Waals surface area contributed by atoms with E-state index >= 15 is 0 Å². The number of urea groups is 1. The number of aromatic carboxylic acids is 1. The van der Waals surface area contributed by atoms with E-state index in [9.17, 15) is 9.59 Å². The molecule has 0 spiro atoms. The first-order valence-corrected chi connectivity index (χ1v) is 8.18. The van der Waals surface area contributed by atoms with Gasteiger partial charge in [0, 0.05) is 31.4 Å². The summed E-state index contributed by atoms with van der Waals surface area (Å²) in [5, 5.41) is 14.0. The van der Waals surface area contributed by atoms with Crippen LogP contribution in [0.2, 0.25) is 0 Å². The second kappa shape index (κ2) is 7.40. The van der Waals surface area contributed by atoms with Crippen molar-refractivity contribution in [2.45, 2.75) is 32.6 Å². The van der Waals surface area contributed by atoms with Crippen molar-refractivity contribution in [3.05, 3.63) is 16.1 Å². The minimum atomic E-state index is -1.01. The van der Waals surface area contributed by atoms with E-state index in [0.717, 1.165) is 24.5 Å². The van der Waals surface area contributed by atoms with Gasteiger partial charge in [0.15, 0.2) is 5.69 Å². The first-order valence-electron chi connectivity index (χ1n) is 7.30. The minimum Gasteiger partial charge on any atom is -0.476 e. The highest BCUT2D eigenvalue weighted by atomic mass is 32.1. The zero-order chi connectivity index (χ0) is 15.2. The van der Waals surface area contributed by atoms with Crippen LogP contribution in [-0.2, 0) is 6.42 Å². The molecule has 2 N–H and O–H groups in total. The maximum absolute atomic E-state index is 12.1. The van der Waals surface area contributed by atoms with E-state index in [1.165, 1.54) is 29.6 Å². The van der Waals surface area contributed by atoms with E-state index in [1.54, 1.807) is 0 Å². The zero-order valence-electron chi connectivity index (χ0n) is 12.2. The lowest BCUT2D eigenvalue weighted by molar-refractivity contribution is 0.0691. The van der Waals surface area contributed by atoms with Gasteiger partial charge in [-0.15, -0.1) is 11.3 Å². The van der Waals surface area contributed by atoms with Gasteiger partial charge in [0.25, 0.3) is 0 Å². The lowest BCUT2D eigenvalue weighted by Gasteiger charge is -2.22. The lowest BCUT2D eigenvalue weighted by Crippen LogP contribution is -2.42. The number of carboxylic acid groups (broad SMARTS) is 1. The molecule has 0 unspecified atom stereocenters. The summed E-state index contributed by atoms with van der Waals surface area (Å²) in [5.74, 6) is -0.334. The summed E-state index contributed by atoms with van der Waals surface area (Å²) in [7, 11) is 0. The van der Waals surface area contributed by atoms with Gasteiger partial charge in [0.2, 0.25) is 0 Å². The Kier molecular flexibility index (Phi) is 5.55. The number of rotatable bonds is 8. The standard InChI is InChI=1S/C14H21N3O3S/c1-2-7-17(8-10-3-4-10)14(20)15-6-5-12-16-11(9-21-12)13(18)19/h9-10H,2-8H2,1H3,(H,15,20)(H,18,19). The predicted molar refractivity (Wildman–Crippen MR) is 80.8 cm³/mol. The van der Waals surface area contributed by atoms with Crippen LogP contribution in [0.3, 0.4) is 0 Å². The van der Waals surface area contributed by atoms with Gasteiger partial charge in [0.05, 0.1) is 5.01 Å². The Hall–Kier alpha value is -1.63. The summed E-state index contributed by atoms with van der Waals surface area (Å²) >= 11 is 1.31. The summed E-state index contributed by atoms with van der Waals surface area (Å²) in [4.78, 5) is 28.7. The molecular weight excluding hydrogens is 290 g/mol. The van der Waals surface area contributed by atoms with Crippen molar-refractivity contribution >= 4 is 23.3 Å². The number of thiazole rings is 1. The molecule has 0 aliphatic heterocycles. The van der Waals surface area contributed by atoms with E-state index in [-0.39, 0.29) is 11.7 Å². The smallest absolute Gasteiger partial charge is 0.355 e. The third-order valence-electron chi connectivity index (χ3n) is 3.34. The second-order valence-corrected chi connectivity index (χ2v) is 6.25. The van der Waals surface area contributed by atoms with Gasteiger partial charge in [-0.2, -0.15) is 0 Å². The largest absolute Gasteiger partial charge is 0.476 e. The molecule has 1 aliphatic rings. The Balaban J connectivity index is 1.74. The normalized spacial score (nSPS) is 14.0. The number of carbonyl (C=O) groups is 2. The quantitative estimate of drug-likeness (QED) is 0.771. The summed E-state index contributed by atoms with van der Waals surface area (Å²) in [6.45, 7) is 4.18. The maximum atomic E-state index is 12.1. The number of carbonyl (C=O) groups excluding carboxylic acids is 1. The third-order valence-corrected chi connectivity index (χ3v) is 4.25. The molecule has 0 aromatic carbocycles. The Bertz CT molecular complexity index is 499. The van der Waals surface area contributed by atoms with Gasteiger partial charge < -0.3 is 15.3 Å². The van der Waals surface area contributed by atoms with Crippen LogP contribution in [0, 0.1) is 5.92 Å². The molecule has 1 aromatic heterocycles. The molecule has 6 nitrogen and oxygen atoms in total. The average molecular weight is 311 g/mol. The van der Waals surface area contributed by atoms with Crippen molar-refractivity contribution < 1.29 is 14.7 Å². The summed E-state index contributed by atoms with van der Waals surface area (Å²) < 4.78 is 0. The molecule has 0 saturated heterocycles. The highest BCUT2D eigenvalue weighted by Crippen LogP contribution is 2.29. The molecule has 1 saturated carbocycles. The van der Waals surface area contributed by atoms with Crippen LogP contribution in [0.15, 0.2) is 5.38 Å². The number of carboxylic acids is 1. The molecular formula is C14H21N3O3S. The van der Waals surface area contributed by atoms with Crippen LogP contribution in [0.4, 0.5) is 4.79 Å². The molecule has 116 valence electrons. The van der Waals surface area contributed by atoms with Crippen LogP contribution in [0.25, 0.3) is 0 Å². The molecule has 2 rings (SSSR count). The summed E-state index contributed by atoms with van der Waals surface area (Å²) in [6, 6.07) is -0.0289. The monoisotopic (exact) mass is 311 g/mol.